The highest BCUT2D eigenvalue weighted by Gasteiger charge is 2.30. The molecule has 0 radical (unpaired) electrons. The van der Waals surface area contributed by atoms with E-state index in [9.17, 15) is 4.79 Å². The number of H-pyrrole nitrogens is 1. The maximum Gasteiger partial charge on any atom is 0.241 e. The molecule has 0 aliphatic carbocycles. The number of nitrogens with one attached hydrogen (secondary N) is 1. The number of tetrazole rings is 1. The number of nitrogens with zero attached hydrogens (tertiary/aromatic N) is 5. The Hall–Kier alpha value is -3.46. The minimum atomic E-state index is -0.132. The number of carbonyl (C=O) groups excluding carboxylic acids is 1. The van der Waals surface area contributed by atoms with Crippen LogP contribution in [0.1, 0.15) is 30.0 Å². The van der Waals surface area contributed by atoms with Gasteiger partial charge in [-0.2, -0.15) is 5.21 Å². The summed E-state index contributed by atoms with van der Waals surface area (Å²) in [5.41, 5.74) is 2.31. The standard InChI is InChI=1S/C24H30N6O3/c1-17(2)33-23-14-19(9-10-22(23)32-3)29-11-12-30(16-21(31)24-25-27-28-26-24)20(15-29)13-18-7-5-4-6-8-18/h4-10,14,17,20H,11-13,15-16H2,1-3H3,(H,25,26,27,28)/t20-/m0/s1. The minimum Gasteiger partial charge on any atom is -0.493 e. The van der Waals surface area contributed by atoms with Gasteiger partial charge in [0.1, 0.15) is 0 Å². The highest BCUT2D eigenvalue weighted by molar-refractivity contribution is 5.93. The summed E-state index contributed by atoms with van der Waals surface area (Å²) in [6, 6.07) is 16.6. The highest BCUT2D eigenvalue weighted by atomic mass is 16.5. The number of anilines is 1. The molecular formula is C24H30N6O3. The zero-order valence-electron chi connectivity index (χ0n) is 19.3. The number of piperazine rings is 1. The number of aromatic amines is 1. The molecule has 1 aliphatic rings. The van der Waals surface area contributed by atoms with Crippen LogP contribution >= 0.6 is 0 Å². The maximum absolute atomic E-state index is 12.7. The molecule has 0 unspecified atom stereocenters. The van der Waals surface area contributed by atoms with Crippen LogP contribution in [0.4, 0.5) is 5.69 Å². The van der Waals surface area contributed by atoms with Crippen LogP contribution in [0.25, 0.3) is 0 Å². The Balaban J connectivity index is 1.54. The van der Waals surface area contributed by atoms with Gasteiger partial charge < -0.3 is 14.4 Å². The molecular weight excluding hydrogens is 420 g/mol. The third kappa shape index (κ3) is 5.67. The summed E-state index contributed by atoms with van der Waals surface area (Å²) >= 11 is 0. The monoisotopic (exact) mass is 450 g/mol. The van der Waals surface area contributed by atoms with Crippen LogP contribution in [0.15, 0.2) is 48.5 Å². The van der Waals surface area contributed by atoms with Gasteiger partial charge in [0.15, 0.2) is 11.5 Å². The lowest BCUT2D eigenvalue weighted by Gasteiger charge is -2.42. The molecule has 2 heterocycles. The summed E-state index contributed by atoms with van der Waals surface area (Å²) in [5.74, 6) is 1.45. The summed E-state index contributed by atoms with van der Waals surface area (Å²) in [5, 5.41) is 13.6. The molecule has 2 aromatic carbocycles. The van der Waals surface area contributed by atoms with Gasteiger partial charge in [0, 0.05) is 37.4 Å². The molecule has 174 valence electrons. The summed E-state index contributed by atoms with van der Waals surface area (Å²) in [6.07, 6.45) is 0.885. The molecule has 1 saturated heterocycles. The molecule has 0 saturated carbocycles. The number of ketones is 1. The van der Waals surface area contributed by atoms with E-state index in [0.717, 1.165) is 43.2 Å². The lowest BCUT2D eigenvalue weighted by Crippen LogP contribution is -2.55. The number of hydrogen-bond acceptors (Lipinski definition) is 8. The first-order valence-corrected chi connectivity index (χ1v) is 11.2. The lowest BCUT2D eigenvalue weighted by atomic mass is 10.0. The van der Waals surface area contributed by atoms with Crippen molar-refractivity contribution in [3.63, 3.8) is 0 Å². The van der Waals surface area contributed by atoms with Gasteiger partial charge in [-0.05, 0) is 43.2 Å². The number of Topliss-reactive ketones (excluding diaryl/α,β-unsaturated/α-hetero) is 1. The Kier molecular flexibility index (Phi) is 7.19. The zero-order chi connectivity index (χ0) is 23.2. The largest absolute Gasteiger partial charge is 0.493 e. The molecule has 0 amide bonds. The highest BCUT2D eigenvalue weighted by Crippen LogP contribution is 2.33. The van der Waals surface area contributed by atoms with E-state index in [2.05, 4.69) is 48.6 Å². The quantitative estimate of drug-likeness (QED) is 0.497. The van der Waals surface area contributed by atoms with Gasteiger partial charge in [0.25, 0.3) is 0 Å². The SMILES string of the molecule is COc1ccc(N2CCN(CC(=O)c3nn[nH]n3)[C@@H](Cc3ccccc3)C2)cc1OC(C)C. The van der Waals surface area contributed by atoms with Gasteiger partial charge in [-0.25, -0.2) is 0 Å². The van der Waals surface area contributed by atoms with E-state index in [0.29, 0.717) is 0 Å². The number of methoxy groups -OCH3 is 1. The first kappa shape index (κ1) is 22.7. The molecule has 1 aliphatic heterocycles. The maximum atomic E-state index is 12.7. The smallest absolute Gasteiger partial charge is 0.241 e. The summed E-state index contributed by atoms with van der Waals surface area (Å²) in [7, 11) is 1.65. The van der Waals surface area contributed by atoms with Crippen LogP contribution < -0.4 is 14.4 Å². The van der Waals surface area contributed by atoms with E-state index < -0.39 is 0 Å². The van der Waals surface area contributed by atoms with Gasteiger partial charge >= 0.3 is 0 Å². The van der Waals surface area contributed by atoms with Crippen LogP contribution in [0.3, 0.4) is 0 Å². The van der Waals surface area contributed by atoms with Crippen molar-refractivity contribution in [2.45, 2.75) is 32.4 Å². The van der Waals surface area contributed by atoms with Gasteiger partial charge in [-0.1, -0.05) is 30.3 Å². The first-order chi connectivity index (χ1) is 16.0. The number of ether oxygens (including phenoxy) is 2. The number of hydrogen-bond donors (Lipinski definition) is 1. The molecule has 1 N–H and O–H groups in total. The van der Waals surface area contributed by atoms with Crippen molar-refractivity contribution >= 4 is 11.5 Å². The minimum absolute atomic E-state index is 0.0491. The van der Waals surface area contributed by atoms with Crippen molar-refractivity contribution in [1.82, 2.24) is 25.5 Å². The molecule has 1 aromatic heterocycles. The lowest BCUT2D eigenvalue weighted by molar-refractivity contribution is 0.0865. The van der Waals surface area contributed by atoms with Crippen molar-refractivity contribution in [1.29, 1.82) is 0 Å². The fourth-order valence-corrected chi connectivity index (χ4v) is 4.16. The van der Waals surface area contributed by atoms with Gasteiger partial charge in [0.05, 0.1) is 19.8 Å². The Morgan fingerprint density at radius 1 is 1.15 bits per heavy atom. The molecule has 0 spiro atoms. The number of carbonyl (C=O) groups is 1. The Morgan fingerprint density at radius 3 is 2.67 bits per heavy atom. The summed E-state index contributed by atoms with van der Waals surface area (Å²) in [6.45, 7) is 6.58. The van der Waals surface area contributed by atoms with Crippen molar-refractivity contribution in [2.24, 2.45) is 0 Å². The van der Waals surface area contributed by atoms with Gasteiger partial charge in [-0.15, -0.1) is 10.2 Å². The zero-order valence-corrected chi connectivity index (χ0v) is 19.3. The Bertz CT molecular complexity index is 1040. The van der Waals surface area contributed by atoms with Gasteiger partial charge in [0.2, 0.25) is 11.6 Å². The van der Waals surface area contributed by atoms with E-state index in [1.165, 1.54) is 5.56 Å². The second-order valence-corrected chi connectivity index (χ2v) is 8.42. The first-order valence-electron chi connectivity index (χ1n) is 11.2. The molecule has 3 aromatic rings. The van der Waals surface area contributed by atoms with Crippen LogP contribution in [0.5, 0.6) is 11.5 Å². The van der Waals surface area contributed by atoms with Crippen LogP contribution in [0.2, 0.25) is 0 Å². The molecule has 9 nitrogen and oxygen atoms in total. The average molecular weight is 451 g/mol. The van der Waals surface area contributed by atoms with Crippen LogP contribution in [0, 0.1) is 0 Å². The predicted molar refractivity (Wildman–Crippen MR) is 125 cm³/mol. The second-order valence-electron chi connectivity index (χ2n) is 8.42. The normalized spacial score (nSPS) is 16.7. The number of benzene rings is 2. The van der Waals surface area contributed by atoms with Crippen LogP contribution in [-0.2, 0) is 6.42 Å². The topological polar surface area (TPSA) is 96.5 Å². The molecule has 9 heteroatoms. The fraction of sp³-hybridized carbons (Fsp3) is 0.417. The van der Waals surface area contributed by atoms with Crippen molar-refractivity contribution < 1.29 is 14.3 Å². The average Bonchev–Trinajstić information content (AvgIpc) is 3.36. The van der Waals surface area contributed by atoms with Crippen LogP contribution in [-0.4, -0.2) is 76.7 Å². The third-order valence-corrected chi connectivity index (χ3v) is 5.74. The third-order valence-electron chi connectivity index (χ3n) is 5.74. The van der Waals surface area contributed by atoms with E-state index in [4.69, 9.17) is 9.47 Å². The Labute approximate surface area is 193 Å². The molecule has 33 heavy (non-hydrogen) atoms. The van der Waals surface area contributed by atoms with Crippen molar-refractivity contribution in [3.8, 4) is 11.5 Å². The van der Waals surface area contributed by atoms with Crippen molar-refractivity contribution in [3.05, 3.63) is 59.9 Å². The van der Waals surface area contributed by atoms with Gasteiger partial charge in [-0.3, -0.25) is 9.69 Å². The van der Waals surface area contributed by atoms with E-state index >= 15 is 0 Å². The summed E-state index contributed by atoms with van der Waals surface area (Å²) < 4.78 is 11.5. The van der Waals surface area contributed by atoms with Crippen molar-refractivity contribution in [2.75, 3.05) is 38.2 Å². The molecule has 4 rings (SSSR count). The Morgan fingerprint density at radius 2 is 1.97 bits per heavy atom. The van der Waals surface area contributed by atoms with E-state index in [1.807, 2.05) is 44.2 Å². The second kappa shape index (κ2) is 10.4. The fourth-order valence-electron chi connectivity index (χ4n) is 4.16. The summed E-state index contributed by atoms with van der Waals surface area (Å²) in [4.78, 5) is 17.2. The molecule has 0 bridgehead atoms. The molecule has 1 atom stereocenters. The number of rotatable bonds is 9. The predicted octanol–water partition coefficient (Wildman–Crippen LogP) is 2.61. The molecule has 1 fully saturated rings. The van der Waals surface area contributed by atoms with E-state index in [1.54, 1.807) is 7.11 Å². The van der Waals surface area contributed by atoms with E-state index in [-0.39, 0.29) is 30.3 Å². The number of aromatic nitrogens is 4.